The van der Waals surface area contributed by atoms with Gasteiger partial charge in [-0.05, 0) is 25.3 Å². The van der Waals surface area contributed by atoms with E-state index in [-0.39, 0.29) is 18.0 Å². The zero-order valence-electron chi connectivity index (χ0n) is 10.9. The van der Waals surface area contributed by atoms with Crippen LogP contribution in [0.1, 0.15) is 40.0 Å². The minimum absolute atomic E-state index is 0.0151. The van der Waals surface area contributed by atoms with Crippen LogP contribution in [-0.2, 0) is 11.3 Å². The molecule has 96 valence electrons. The van der Waals surface area contributed by atoms with Gasteiger partial charge in [0.05, 0.1) is 0 Å². The van der Waals surface area contributed by atoms with Crippen LogP contribution >= 0.6 is 0 Å². The van der Waals surface area contributed by atoms with Gasteiger partial charge >= 0.3 is 0 Å². The molecule has 1 amide bonds. The minimum atomic E-state index is -0.0875. The van der Waals surface area contributed by atoms with Crippen molar-refractivity contribution in [3.63, 3.8) is 0 Å². The molecule has 0 aliphatic carbocycles. The lowest BCUT2D eigenvalue weighted by Crippen LogP contribution is -2.48. The number of carbonyl (C=O) groups is 1. The molecule has 0 aromatic carbocycles. The second kappa shape index (κ2) is 5.70. The van der Waals surface area contributed by atoms with Crippen LogP contribution in [0.4, 0.5) is 5.82 Å². The number of nitrogens with zero attached hydrogens (tertiary/aromatic N) is 2. The maximum atomic E-state index is 11.9. The Balaban J connectivity index is 2.59. The number of hydrogen-bond acceptors (Lipinski definition) is 3. The van der Waals surface area contributed by atoms with Crippen LogP contribution in [0.25, 0.3) is 0 Å². The van der Waals surface area contributed by atoms with Gasteiger partial charge in [-0.1, -0.05) is 20.8 Å². The van der Waals surface area contributed by atoms with Crippen molar-refractivity contribution in [2.24, 2.45) is 0 Å². The fourth-order valence-electron chi connectivity index (χ4n) is 1.96. The minimum Gasteiger partial charge on any atom is -0.382 e. The quantitative estimate of drug-likeness (QED) is 0.789. The highest BCUT2D eigenvalue weighted by Gasteiger charge is 2.25. The summed E-state index contributed by atoms with van der Waals surface area (Å²) < 4.78 is 1.55. The van der Waals surface area contributed by atoms with E-state index >= 15 is 0 Å². The first-order valence-corrected chi connectivity index (χ1v) is 6.15. The van der Waals surface area contributed by atoms with Crippen molar-refractivity contribution in [1.29, 1.82) is 0 Å². The standard InChI is InChI=1S/C12H22N4O/c1-4-12(5-2,6-3)14-11(17)9-16-8-7-10(13)15-16/h7-8H,4-6,9H2,1-3H3,(H2,13,15)(H,14,17). The van der Waals surface area contributed by atoms with Crippen LogP contribution < -0.4 is 11.1 Å². The third kappa shape index (κ3) is 3.47. The summed E-state index contributed by atoms with van der Waals surface area (Å²) >= 11 is 0. The lowest BCUT2D eigenvalue weighted by molar-refractivity contribution is -0.124. The second-order valence-corrected chi connectivity index (χ2v) is 4.33. The van der Waals surface area contributed by atoms with Crippen molar-refractivity contribution in [3.8, 4) is 0 Å². The normalized spacial score (nSPS) is 11.5. The Morgan fingerprint density at radius 2 is 2.00 bits per heavy atom. The van der Waals surface area contributed by atoms with Crippen molar-refractivity contribution in [2.45, 2.75) is 52.1 Å². The molecule has 1 rings (SSSR count). The van der Waals surface area contributed by atoms with E-state index < -0.39 is 0 Å². The van der Waals surface area contributed by atoms with Crippen molar-refractivity contribution < 1.29 is 4.79 Å². The maximum Gasteiger partial charge on any atom is 0.242 e. The molecule has 3 N–H and O–H groups in total. The highest BCUT2D eigenvalue weighted by molar-refractivity contribution is 5.76. The van der Waals surface area contributed by atoms with E-state index in [1.165, 1.54) is 0 Å². The molecule has 0 saturated heterocycles. The lowest BCUT2D eigenvalue weighted by Gasteiger charge is -2.31. The highest BCUT2D eigenvalue weighted by Crippen LogP contribution is 2.19. The molecule has 0 atom stereocenters. The number of aromatic nitrogens is 2. The number of amides is 1. The third-order valence-corrected chi connectivity index (χ3v) is 3.40. The molecule has 5 heteroatoms. The number of hydrogen-bond donors (Lipinski definition) is 2. The number of rotatable bonds is 6. The molecular formula is C12H22N4O. The van der Waals surface area contributed by atoms with E-state index in [4.69, 9.17) is 5.73 Å². The van der Waals surface area contributed by atoms with E-state index in [0.717, 1.165) is 19.3 Å². The van der Waals surface area contributed by atoms with Crippen molar-refractivity contribution in [1.82, 2.24) is 15.1 Å². The summed E-state index contributed by atoms with van der Waals surface area (Å²) in [5, 5.41) is 7.09. The van der Waals surface area contributed by atoms with Crippen LogP contribution in [0.2, 0.25) is 0 Å². The van der Waals surface area contributed by atoms with Crippen LogP contribution in [0, 0.1) is 0 Å². The zero-order valence-corrected chi connectivity index (χ0v) is 10.9. The van der Waals surface area contributed by atoms with Crippen molar-refractivity contribution >= 4 is 11.7 Å². The number of nitrogens with two attached hydrogens (primary N) is 1. The van der Waals surface area contributed by atoms with Crippen LogP contribution in [0.5, 0.6) is 0 Å². The molecule has 0 bridgehead atoms. The van der Waals surface area contributed by atoms with Gasteiger partial charge in [-0.2, -0.15) is 5.10 Å². The van der Waals surface area contributed by atoms with Gasteiger partial charge in [0, 0.05) is 11.7 Å². The average Bonchev–Trinajstić information content (AvgIpc) is 2.72. The summed E-state index contributed by atoms with van der Waals surface area (Å²) in [4.78, 5) is 11.9. The van der Waals surface area contributed by atoms with Crippen molar-refractivity contribution in [2.75, 3.05) is 5.73 Å². The first-order valence-electron chi connectivity index (χ1n) is 6.15. The Hall–Kier alpha value is -1.52. The summed E-state index contributed by atoms with van der Waals surface area (Å²) in [6.45, 7) is 6.51. The van der Waals surface area contributed by atoms with Crippen LogP contribution in [0.3, 0.4) is 0 Å². The van der Waals surface area contributed by atoms with Gasteiger partial charge in [0.15, 0.2) is 0 Å². The van der Waals surface area contributed by atoms with E-state index in [1.54, 1.807) is 16.9 Å². The summed E-state index contributed by atoms with van der Waals surface area (Å²) in [5.41, 5.74) is 5.41. The summed E-state index contributed by atoms with van der Waals surface area (Å²) in [5.74, 6) is 0.421. The topological polar surface area (TPSA) is 72.9 Å². The smallest absolute Gasteiger partial charge is 0.242 e. The van der Waals surface area contributed by atoms with E-state index in [2.05, 4.69) is 31.2 Å². The molecule has 1 aromatic rings. The zero-order chi connectivity index (χ0) is 12.9. The monoisotopic (exact) mass is 238 g/mol. The Labute approximate surface area is 102 Å². The van der Waals surface area contributed by atoms with Gasteiger partial charge in [0.1, 0.15) is 12.4 Å². The molecular weight excluding hydrogens is 216 g/mol. The third-order valence-electron chi connectivity index (χ3n) is 3.40. The molecule has 0 saturated carbocycles. The molecule has 1 heterocycles. The van der Waals surface area contributed by atoms with Gasteiger partial charge in [-0.3, -0.25) is 9.48 Å². The maximum absolute atomic E-state index is 11.9. The van der Waals surface area contributed by atoms with Crippen LogP contribution in [-0.4, -0.2) is 21.2 Å². The number of nitrogens with one attached hydrogen (secondary N) is 1. The highest BCUT2D eigenvalue weighted by atomic mass is 16.2. The largest absolute Gasteiger partial charge is 0.382 e. The Morgan fingerprint density at radius 3 is 2.41 bits per heavy atom. The van der Waals surface area contributed by atoms with Gasteiger partial charge in [-0.25, -0.2) is 0 Å². The van der Waals surface area contributed by atoms with Gasteiger partial charge in [-0.15, -0.1) is 0 Å². The SMILES string of the molecule is CCC(CC)(CC)NC(=O)Cn1ccc(N)n1. The van der Waals surface area contributed by atoms with E-state index in [0.29, 0.717) is 5.82 Å². The number of nitrogen functional groups attached to an aromatic ring is 1. The molecule has 0 spiro atoms. The fraction of sp³-hybridized carbons (Fsp3) is 0.667. The van der Waals surface area contributed by atoms with Crippen molar-refractivity contribution in [3.05, 3.63) is 12.3 Å². The summed E-state index contributed by atoms with van der Waals surface area (Å²) in [6.07, 6.45) is 4.52. The van der Waals surface area contributed by atoms with Crippen LogP contribution in [0.15, 0.2) is 12.3 Å². The first-order chi connectivity index (χ1) is 8.05. The molecule has 0 aliphatic heterocycles. The number of carbonyl (C=O) groups excluding carboxylic acids is 1. The molecule has 0 unspecified atom stereocenters. The second-order valence-electron chi connectivity index (χ2n) is 4.33. The van der Waals surface area contributed by atoms with E-state index in [1.807, 2.05) is 0 Å². The Morgan fingerprint density at radius 1 is 1.41 bits per heavy atom. The first kappa shape index (κ1) is 13.5. The fourth-order valence-corrected chi connectivity index (χ4v) is 1.96. The molecule has 1 aromatic heterocycles. The van der Waals surface area contributed by atoms with Gasteiger partial charge in [0.2, 0.25) is 5.91 Å². The average molecular weight is 238 g/mol. The molecule has 0 radical (unpaired) electrons. The predicted molar refractivity (Wildman–Crippen MR) is 68.4 cm³/mol. The predicted octanol–water partition coefficient (Wildman–Crippen LogP) is 1.55. The Bertz CT molecular complexity index is 360. The lowest BCUT2D eigenvalue weighted by atomic mass is 9.90. The van der Waals surface area contributed by atoms with Gasteiger partial charge < -0.3 is 11.1 Å². The Kier molecular flexibility index (Phi) is 4.54. The number of anilines is 1. The molecule has 0 fully saturated rings. The molecule has 0 aliphatic rings. The van der Waals surface area contributed by atoms with E-state index in [9.17, 15) is 4.79 Å². The molecule has 17 heavy (non-hydrogen) atoms. The summed E-state index contributed by atoms with van der Waals surface area (Å²) in [6, 6.07) is 1.68. The summed E-state index contributed by atoms with van der Waals surface area (Å²) in [7, 11) is 0. The molecule has 5 nitrogen and oxygen atoms in total. The van der Waals surface area contributed by atoms with Gasteiger partial charge in [0.25, 0.3) is 0 Å².